The first-order valence-electron chi connectivity index (χ1n) is 6.08. The molecule has 102 valence electrons. The highest BCUT2D eigenvalue weighted by Crippen LogP contribution is 2.02. The van der Waals surface area contributed by atoms with Crippen molar-refractivity contribution in [1.29, 1.82) is 5.41 Å². The Bertz CT molecular complexity index is 364. The Morgan fingerprint density at radius 1 is 1.56 bits per heavy atom. The van der Waals surface area contributed by atoms with E-state index in [-0.39, 0.29) is 5.84 Å². The van der Waals surface area contributed by atoms with E-state index < -0.39 is 0 Å². The van der Waals surface area contributed by atoms with Crippen molar-refractivity contribution in [2.24, 2.45) is 5.73 Å². The summed E-state index contributed by atoms with van der Waals surface area (Å²) in [7, 11) is 1.68. The number of aryl methyl sites for hydroxylation is 1. The summed E-state index contributed by atoms with van der Waals surface area (Å²) < 4.78 is 6.95. The highest BCUT2D eigenvalue weighted by molar-refractivity contribution is 5.76. The van der Waals surface area contributed by atoms with Crippen LogP contribution in [0.2, 0.25) is 0 Å². The monoisotopic (exact) mass is 254 g/mol. The van der Waals surface area contributed by atoms with Crippen molar-refractivity contribution in [3.05, 3.63) is 12.2 Å². The first kappa shape index (κ1) is 14.6. The molecule has 0 radical (unpaired) electrons. The van der Waals surface area contributed by atoms with Crippen LogP contribution in [0.5, 0.6) is 0 Å². The van der Waals surface area contributed by atoms with Crippen LogP contribution in [0, 0.1) is 5.41 Å². The lowest BCUT2D eigenvalue weighted by molar-refractivity contribution is 0.143. The van der Waals surface area contributed by atoms with Crippen molar-refractivity contribution < 1.29 is 4.74 Å². The maximum absolute atomic E-state index is 7.28. The van der Waals surface area contributed by atoms with Crippen molar-refractivity contribution in [1.82, 2.24) is 19.7 Å². The fourth-order valence-electron chi connectivity index (χ4n) is 1.64. The number of aromatic nitrogens is 3. The van der Waals surface area contributed by atoms with Crippen LogP contribution in [0.3, 0.4) is 0 Å². The molecule has 0 aromatic carbocycles. The Balaban J connectivity index is 2.56. The van der Waals surface area contributed by atoms with Crippen molar-refractivity contribution >= 4 is 5.84 Å². The summed E-state index contributed by atoms with van der Waals surface area (Å²) in [5.74, 6) is 1.13. The molecule has 0 saturated carbocycles. The van der Waals surface area contributed by atoms with Crippen molar-refractivity contribution in [3.63, 3.8) is 0 Å². The number of amidine groups is 1. The van der Waals surface area contributed by atoms with E-state index in [1.165, 1.54) is 0 Å². The summed E-state index contributed by atoms with van der Waals surface area (Å²) in [6.45, 7) is 5.71. The molecular weight excluding hydrogens is 232 g/mol. The maximum atomic E-state index is 7.28. The molecule has 7 heteroatoms. The predicted octanol–water partition coefficient (Wildman–Crippen LogP) is 0.0725. The van der Waals surface area contributed by atoms with Gasteiger partial charge in [-0.15, -0.1) is 0 Å². The normalized spacial score (nSPS) is 11.1. The lowest BCUT2D eigenvalue weighted by Crippen LogP contribution is -2.31. The number of nitrogens with zero attached hydrogens (tertiary/aromatic N) is 4. The van der Waals surface area contributed by atoms with Gasteiger partial charge in [0.15, 0.2) is 0 Å². The van der Waals surface area contributed by atoms with Gasteiger partial charge in [-0.05, 0) is 6.92 Å². The molecule has 0 aliphatic carbocycles. The zero-order valence-electron chi connectivity index (χ0n) is 11.1. The lowest BCUT2D eigenvalue weighted by Gasteiger charge is -2.21. The average molecular weight is 254 g/mol. The average Bonchev–Trinajstić information content (AvgIpc) is 2.79. The van der Waals surface area contributed by atoms with Crippen LogP contribution in [0.25, 0.3) is 0 Å². The van der Waals surface area contributed by atoms with E-state index >= 15 is 0 Å². The molecular formula is C11H22N6O. The molecule has 0 bridgehead atoms. The minimum atomic E-state index is 0.203. The molecule has 0 saturated heterocycles. The minimum absolute atomic E-state index is 0.203. The Morgan fingerprint density at radius 2 is 2.33 bits per heavy atom. The minimum Gasteiger partial charge on any atom is -0.388 e. The van der Waals surface area contributed by atoms with Crippen LogP contribution in [0.15, 0.2) is 6.33 Å². The number of ether oxygens (including phenoxy) is 1. The Hall–Kier alpha value is -1.47. The van der Waals surface area contributed by atoms with Crippen LogP contribution in [-0.4, -0.2) is 52.3 Å². The molecule has 0 atom stereocenters. The zero-order chi connectivity index (χ0) is 13.4. The van der Waals surface area contributed by atoms with Gasteiger partial charge in [0.1, 0.15) is 12.2 Å². The van der Waals surface area contributed by atoms with E-state index in [1.807, 2.05) is 11.6 Å². The molecule has 1 rings (SSSR count). The van der Waals surface area contributed by atoms with E-state index in [1.54, 1.807) is 13.4 Å². The lowest BCUT2D eigenvalue weighted by atomic mass is 10.3. The number of hydrogen-bond acceptors (Lipinski definition) is 5. The fraction of sp³-hybridized carbons (Fsp3) is 0.727. The number of methoxy groups -OCH3 is 1. The van der Waals surface area contributed by atoms with Gasteiger partial charge in [-0.25, -0.2) is 9.67 Å². The second-order valence-corrected chi connectivity index (χ2v) is 4.04. The van der Waals surface area contributed by atoms with E-state index in [2.05, 4.69) is 15.0 Å². The molecule has 1 aromatic heterocycles. The molecule has 0 spiro atoms. The summed E-state index contributed by atoms with van der Waals surface area (Å²) in [4.78, 5) is 6.41. The first-order valence-corrected chi connectivity index (χ1v) is 6.08. The molecule has 0 aliphatic rings. The molecule has 1 aromatic rings. The molecule has 0 unspecified atom stereocenters. The SMILES string of the molecule is CCn1ncnc1CN(CCOC)CCC(=N)N. The molecule has 0 amide bonds. The number of rotatable bonds is 9. The summed E-state index contributed by atoms with van der Waals surface area (Å²) in [6, 6.07) is 0. The van der Waals surface area contributed by atoms with E-state index in [9.17, 15) is 0 Å². The Morgan fingerprint density at radius 3 is 2.94 bits per heavy atom. The highest BCUT2D eigenvalue weighted by Gasteiger charge is 2.10. The third kappa shape index (κ3) is 4.80. The third-order valence-electron chi connectivity index (χ3n) is 2.67. The van der Waals surface area contributed by atoms with Gasteiger partial charge in [0.05, 0.1) is 19.0 Å². The number of nitrogens with one attached hydrogen (secondary N) is 1. The molecule has 18 heavy (non-hydrogen) atoms. The van der Waals surface area contributed by atoms with Gasteiger partial charge in [-0.2, -0.15) is 5.10 Å². The highest BCUT2D eigenvalue weighted by atomic mass is 16.5. The second-order valence-electron chi connectivity index (χ2n) is 4.04. The summed E-state index contributed by atoms with van der Waals surface area (Å²) in [5, 5.41) is 11.4. The fourth-order valence-corrected chi connectivity index (χ4v) is 1.64. The molecule has 0 fully saturated rings. The third-order valence-corrected chi connectivity index (χ3v) is 2.67. The Kier molecular flexibility index (Phi) is 6.31. The first-order chi connectivity index (χ1) is 8.67. The van der Waals surface area contributed by atoms with Gasteiger partial charge in [-0.1, -0.05) is 0 Å². The van der Waals surface area contributed by atoms with Gasteiger partial charge in [0.2, 0.25) is 0 Å². The maximum Gasteiger partial charge on any atom is 0.140 e. The topological polar surface area (TPSA) is 93.0 Å². The number of nitrogens with two attached hydrogens (primary N) is 1. The summed E-state index contributed by atoms with van der Waals surface area (Å²) >= 11 is 0. The smallest absolute Gasteiger partial charge is 0.140 e. The van der Waals surface area contributed by atoms with Gasteiger partial charge in [0.25, 0.3) is 0 Å². The van der Waals surface area contributed by atoms with E-state index in [0.717, 1.165) is 25.5 Å². The van der Waals surface area contributed by atoms with Crippen molar-refractivity contribution in [2.75, 3.05) is 26.8 Å². The van der Waals surface area contributed by atoms with Gasteiger partial charge in [0, 0.05) is 33.2 Å². The molecule has 7 nitrogen and oxygen atoms in total. The molecule has 3 N–H and O–H groups in total. The largest absolute Gasteiger partial charge is 0.388 e. The molecule has 0 aliphatic heterocycles. The van der Waals surface area contributed by atoms with Crippen LogP contribution in [0.1, 0.15) is 19.2 Å². The summed E-state index contributed by atoms with van der Waals surface area (Å²) in [6.07, 6.45) is 2.13. The van der Waals surface area contributed by atoms with Crippen molar-refractivity contribution in [2.45, 2.75) is 26.4 Å². The predicted molar refractivity (Wildman–Crippen MR) is 69.4 cm³/mol. The second kappa shape index (κ2) is 7.78. The molecule has 1 heterocycles. The van der Waals surface area contributed by atoms with Crippen LogP contribution in [0.4, 0.5) is 0 Å². The van der Waals surface area contributed by atoms with Gasteiger partial charge < -0.3 is 10.5 Å². The summed E-state index contributed by atoms with van der Waals surface area (Å²) in [5.41, 5.74) is 5.39. The van der Waals surface area contributed by atoms with Gasteiger partial charge >= 0.3 is 0 Å². The van der Waals surface area contributed by atoms with Crippen LogP contribution >= 0.6 is 0 Å². The van der Waals surface area contributed by atoms with E-state index in [0.29, 0.717) is 19.6 Å². The Labute approximate surface area is 107 Å². The number of hydrogen-bond donors (Lipinski definition) is 2. The van der Waals surface area contributed by atoms with Crippen molar-refractivity contribution in [3.8, 4) is 0 Å². The van der Waals surface area contributed by atoms with Gasteiger partial charge in [-0.3, -0.25) is 10.3 Å². The standard InChI is InChI=1S/C11H22N6O/c1-3-17-11(14-9-15-17)8-16(6-7-18-2)5-4-10(12)13/h9H,3-8H2,1-2H3,(H3,12,13). The quantitative estimate of drug-likeness (QED) is 0.480. The zero-order valence-corrected chi connectivity index (χ0v) is 11.1. The van der Waals surface area contributed by atoms with Crippen LogP contribution in [-0.2, 0) is 17.8 Å². The van der Waals surface area contributed by atoms with E-state index in [4.69, 9.17) is 15.9 Å². The van der Waals surface area contributed by atoms with Crippen LogP contribution < -0.4 is 5.73 Å².